The van der Waals surface area contributed by atoms with Crippen LogP contribution in [0.2, 0.25) is 0 Å². The molecular weight excluding hydrogens is 337 g/mol. The second-order valence-corrected chi connectivity index (χ2v) is 6.22. The fourth-order valence-corrected chi connectivity index (χ4v) is 2.74. The Morgan fingerprint density at radius 2 is 1.77 bits per heavy atom. The van der Waals surface area contributed by atoms with Gasteiger partial charge in [-0.2, -0.15) is 0 Å². The molecule has 0 saturated heterocycles. The molecular formula is C20H22FNO4. The molecule has 0 N–H and O–H groups in total. The Labute approximate surface area is 152 Å². The van der Waals surface area contributed by atoms with Gasteiger partial charge in [0, 0.05) is 13.6 Å². The standard InChI is InChI=1S/C20H22FNO4/c1-14-19(26-18-7-4-3-6-17(18)25-14)20(23)22(2)12-5-13-24-16-10-8-15(21)9-11-16/h3-4,6-11,14,19H,5,12-13H2,1-2H3. The smallest absolute Gasteiger partial charge is 0.267 e. The number of rotatable bonds is 6. The molecule has 1 aliphatic heterocycles. The van der Waals surface area contributed by atoms with Crippen LogP contribution in [-0.2, 0) is 4.79 Å². The number of ether oxygens (including phenoxy) is 3. The number of hydrogen-bond acceptors (Lipinski definition) is 4. The van der Waals surface area contributed by atoms with Gasteiger partial charge in [0.25, 0.3) is 5.91 Å². The van der Waals surface area contributed by atoms with E-state index in [2.05, 4.69) is 0 Å². The molecule has 1 amide bonds. The van der Waals surface area contributed by atoms with E-state index in [0.29, 0.717) is 36.8 Å². The van der Waals surface area contributed by atoms with Gasteiger partial charge in [-0.15, -0.1) is 0 Å². The van der Waals surface area contributed by atoms with Crippen molar-refractivity contribution in [3.8, 4) is 17.2 Å². The second kappa shape index (κ2) is 8.08. The summed E-state index contributed by atoms with van der Waals surface area (Å²) in [5.41, 5.74) is 0. The third-order valence-electron chi connectivity index (χ3n) is 4.18. The SMILES string of the molecule is CC1Oc2ccccc2OC1C(=O)N(C)CCCOc1ccc(F)cc1. The van der Waals surface area contributed by atoms with Crippen molar-refractivity contribution in [2.24, 2.45) is 0 Å². The van der Waals surface area contributed by atoms with Gasteiger partial charge in [0.1, 0.15) is 17.7 Å². The van der Waals surface area contributed by atoms with Gasteiger partial charge in [-0.05, 0) is 49.7 Å². The molecule has 0 fully saturated rings. The minimum Gasteiger partial charge on any atom is -0.494 e. The molecule has 2 aromatic rings. The second-order valence-electron chi connectivity index (χ2n) is 6.22. The molecule has 0 aromatic heterocycles. The topological polar surface area (TPSA) is 48.0 Å². The Morgan fingerprint density at radius 3 is 2.46 bits per heavy atom. The molecule has 26 heavy (non-hydrogen) atoms. The average Bonchev–Trinajstić information content (AvgIpc) is 2.65. The van der Waals surface area contributed by atoms with Crippen molar-refractivity contribution in [2.45, 2.75) is 25.6 Å². The van der Waals surface area contributed by atoms with Crippen LogP contribution >= 0.6 is 0 Å². The van der Waals surface area contributed by atoms with Crippen LogP contribution in [0.3, 0.4) is 0 Å². The molecule has 2 unspecified atom stereocenters. The Morgan fingerprint density at radius 1 is 1.12 bits per heavy atom. The van der Waals surface area contributed by atoms with Crippen molar-refractivity contribution in [3.05, 3.63) is 54.3 Å². The number of fused-ring (bicyclic) bond motifs is 1. The third-order valence-corrected chi connectivity index (χ3v) is 4.18. The number of para-hydroxylation sites is 2. The lowest BCUT2D eigenvalue weighted by atomic mass is 10.1. The lowest BCUT2D eigenvalue weighted by Gasteiger charge is -2.33. The highest BCUT2D eigenvalue weighted by molar-refractivity contribution is 5.82. The number of amides is 1. The van der Waals surface area contributed by atoms with Gasteiger partial charge >= 0.3 is 0 Å². The maximum Gasteiger partial charge on any atom is 0.267 e. The number of halogens is 1. The van der Waals surface area contributed by atoms with Crippen molar-refractivity contribution in [2.75, 3.05) is 20.2 Å². The Bertz CT molecular complexity index is 750. The molecule has 138 valence electrons. The number of benzene rings is 2. The maximum absolute atomic E-state index is 12.8. The van der Waals surface area contributed by atoms with E-state index in [1.165, 1.54) is 12.1 Å². The largest absolute Gasteiger partial charge is 0.494 e. The number of hydrogen-bond donors (Lipinski definition) is 0. The number of nitrogens with zero attached hydrogens (tertiary/aromatic N) is 1. The van der Waals surface area contributed by atoms with E-state index in [1.54, 1.807) is 30.1 Å². The Kier molecular flexibility index (Phi) is 5.61. The van der Waals surface area contributed by atoms with Gasteiger partial charge < -0.3 is 19.1 Å². The van der Waals surface area contributed by atoms with Crippen LogP contribution < -0.4 is 14.2 Å². The third kappa shape index (κ3) is 4.25. The highest BCUT2D eigenvalue weighted by Gasteiger charge is 2.35. The molecule has 0 aliphatic carbocycles. The zero-order valence-corrected chi connectivity index (χ0v) is 14.9. The molecule has 0 spiro atoms. The van der Waals surface area contributed by atoms with E-state index < -0.39 is 6.10 Å². The molecule has 5 nitrogen and oxygen atoms in total. The first kappa shape index (κ1) is 18.0. The van der Waals surface area contributed by atoms with Gasteiger partial charge in [0.2, 0.25) is 6.10 Å². The van der Waals surface area contributed by atoms with E-state index in [0.717, 1.165) is 0 Å². The lowest BCUT2D eigenvalue weighted by molar-refractivity contribution is -0.143. The minimum absolute atomic E-state index is 0.131. The minimum atomic E-state index is -0.673. The van der Waals surface area contributed by atoms with Crippen molar-refractivity contribution in [3.63, 3.8) is 0 Å². The molecule has 0 radical (unpaired) electrons. The summed E-state index contributed by atoms with van der Waals surface area (Å²) in [7, 11) is 1.73. The Hall–Kier alpha value is -2.76. The number of carbonyl (C=O) groups is 1. The molecule has 2 atom stereocenters. The van der Waals surface area contributed by atoms with E-state index in [-0.39, 0.29) is 17.8 Å². The van der Waals surface area contributed by atoms with E-state index >= 15 is 0 Å². The van der Waals surface area contributed by atoms with Crippen LogP contribution in [0, 0.1) is 5.82 Å². The van der Waals surface area contributed by atoms with Crippen molar-refractivity contribution in [1.29, 1.82) is 0 Å². The quantitative estimate of drug-likeness (QED) is 0.743. The van der Waals surface area contributed by atoms with E-state index in [9.17, 15) is 9.18 Å². The summed E-state index contributed by atoms with van der Waals surface area (Å²) >= 11 is 0. The lowest BCUT2D eigenvalue weighted by Crippen LogP contribution is -2.49. The summed E-state index contributed by atoms with van der Waals surface area (Å²) in [5, 5.41) is 0. The van der Waals surface area contributed by atoms with Crippen LogP contribution in [0.4, 0.5) is 4.39 Å². The van der Waals surface area contributed by atoms with Gasteiger partial charge in [0.15, 0.2) is 11.5 Å². The summed E-state index contributed by atoms with van der Waals surface area (Å²) in [5.74, 6) is 1.41. The molecule has 6 heteroatoms. The number of likely N-dealkylation sites (N-methyl/N-ethyl adjacent to an activating group) is 1. The monoisotopic (exact) mass is 359 g/mol. The summed E-state index contributed by atoms with van der Waals surface area (Å²) in [4.78, 5) is 14.3. The fourth-order valence-electron chi connectivity index (χ4n) is 2.74. The molecule has 0 bridgehead atoms. The van der Waals surface area contributed by atoms with Gasteiger partial charge in [0.05, 0.1) is 6.61 Å². The van der Waals surface area contributed by atoms with Crippen LogP contribution in [-0.4, -0.2) is 43.2 Å². The average molecular weight is 359 g/mol. The highest BCUT2D eigenvalue weighted by atomic mass is 19.1. The normalized spacial score (nSPS) is 18.3. The first-order valence-corrected chi connectivity index (χ1v) is 8.60. The summed E-state index contributed by atoms with van der Waals surface area (Å²) in [6, 6.07) is 13.2. The predicted molar refractivity (Wildman–Crippen MR) is 95.1 cm³/mol. The summed E-state index contributed by atoms with van der Waals surface area (Å²) in [6.07, 6.45) is -0.388. The summed E-state index contributed by atoms with van der Waals surface area (Å²) in [6.45, 7) is 2.78. The van der Waals surface area contributed by atoms with Crippen LogP contribution in [0.1, 0.15) is 13.3 Å². The van der Waals surface area contributed by atoms with Gasteiger partial charge in [-0.3, -0.25) is 4.79 Å². The van der Waals surface area contributed by atoms with Crippen molar-refractivity contribution >= 4 is 5.91 Å². The van der Waals surface area contributed by atoms with Gasteiger partial charge in [-0.1, -0.05) is 12.1 Å². The fraction of sp³-hybridized carbons (Fsp3) is 0.350. The van der Waals surface area contributed by atoms with Crippen LogP contribution in [0.15, 0.2) is 48.5 Å². The van der Waals surface area contributed by atoms with Gasteiger partial charge in [-0.25, -0.2) is 4.39 Å². The summed E-state index contributed by atoms with van der Waals surface area (Å²) < 4.78 is 30.0. The zero-order chi connectivity index (χ0) is 18.5. The van der Waals surface area contributed by atoms with Crippen molar-refractivity contribution < 1.29 is 23.4 Å². The van der Waals surface area contributed by atoms with Crippen molar-refractivity contribution in [1.82, 2.24) is 4.90 Å². The first-order chi connectivity index (χ1) is 12.5. The first-order valence-electron chi connectivity index (χ1n) is 8.60. The predicted octanol–water partition coefficient (Wildman–Crippen LogP) is 3.28. The zero-order valence-electron chi connectivity index (χ0n) is 14.9. The van der Waals surface area contributed by atoms with E-state index in [4.69, 9.17) is 14.2 Å². The van der Waals surface area contributed by atoms with E-state index in [1.807, 2.05) is 25.1 Å². The Balaban J connectivity index is 1.48. The molecule has 2 aromatic carbocycles. The van der Waals surface area contributed by atoms with Crippen LogP contribution in [0.25, 0.3) is 0 Å². The molecule has 3 rings (SSSR count). The highest BCUT2D eigenvalue weighted by Crippen LogP contribution is 2.33. The van der Waals surface area contributed by atoms with Crippen LogP contribution in [0.5, 0.6) is 17.2 Å². The maximum atomic E-state index is 12.8. The molecule has 0 saturated carbocycles. The molecule has 1 aliphatic rings. The molecule has 1 heterocycles. The number of carbonyl (C=O) groups excluding carboxylic acids is 1.